The maximum Gasteiger partial charge on any atom is 0.329 e. The van der Waals surface area contributed by atoms with Gasteiger partial charge in [0.15, 0.2) is 0 Å². The van der Waals surface area contributed by atoms with E-state index in [0.29, 0.717) is 0 Å². The van der Waals surface area contributed by atoms with Crippen LogP contribution in [0.15, 0.2) is 0 Å². The molecule has 23 heavy (non-hydrogen) atoms. The van der Waals surface area contributed by atoms with Crippen molar-refractivity contribution in [2.75, 3.05) is 7.11 Å². The minimum atomic E-state index is -1.40. The smallest absolute Gasteiger partial charge is 0.329 e. The first kappa shape index (κ1) is 20.6. The SMILES string of the molecule is COC(=O)[C@H](NC(=O)CCC(=O)O)C(C)(C)C(=O)CCC(=O)O. The van der Waals surface area contributed by atoms with Gasteiger partial charge in [-0.2, -0.15) is 0 Å². The van der Waals surface area contributed by atoms with E-state index in [4.69, 9.17) is 10.2 Å². The van der Waals surface area contributed by atoms with E-state index in [2.05, 4.69) is 10.1 Å². The maximum absolute atomic E-state index is 12.2. The van der Waals surface area contributed by atoms with Gasteiger partial charge in [-0.05, 0) is 0 Å². The quantitative estimate of drug-likeness (QED) is 0.473. The van der Waals surface area contributed by atoms with Gasteiger partial charge in [-0.3, -0.25) is 19.2 Å². The summed E-state index contributed by atoms with van der Waals surface area (Å²) in [5, 5.41) is 19.4. The van der Waals surface area contributed by atoms with E-state index in [-0.39, 0.29) is 12.8 Å². The molecule has 0 aliphatic rings. The van der Waals surface area contributed by atoms with Gasteiger partial charge in [0.25, 0.3) is 0 Å². The fourth-order valence-electron chi connectivity index (χ4n) is 1.81. The third kappa shape index (κ3) is 6.90. The van der Waals surface area contributed by atoms with Gasteiger partial charge >= 0.3 is 17.9 Å². The van der Waals surface area contributed by atoms with E-state index in [9.17, 15) is 24.0 Å². The lowest BCUT2D eigenvalue weighted by Crippen LogP contribution is -2.54. The summed E-state index contributed by atoms with van der Waals surface area (Å²) in [6.45, 7) is 2.77. The number of methoxy groups -OCH3 is 1. The Bertz CT molecular complexity index is 497. The molecule has 0 aromatic heterocycles. The predicted octanol–water partition coefficient (Wildman–Crippen LogP) is -0.0309. The van der Waals surface area contributed by atoms with Crippen LogP contribution in [-0.4, -0.2) is 53.0 Å². The Morgan fingerprint density at radius 3 is 1.87 bits per heavy atom. The van der Waals surface area contributed by atoms with Crippen molar-refractivity contribution < 1.29 is 38.9 Å². The standard InChI is InChI=1S/C14H21NO8/c1-14(2,8(16)4-6-10(18)19)12(13(22)23-3)15-9(17)5-7-11(20)21/h12H,4-7H2,1-3H3,(H,15,17)(H,18,19)(H,20,21)/t12-/m0/s1. The number of esters is 1. The lowest BCUT2D eigenvalue weighted by Gasteiger charge is -2.31. The zero-order valence-corrected chi connectivity index (χ0v) is 13.2. The highest BCUT2D eigenvalue weighted by atomic mass is 16.5. The van der Waals surface area contributed by atoms with Crippen molar-refractivity contribution in [3.05, 3.63) is 0 Å². The first-order chi connectivity index (χ1) is 10.5. The number of amides is 1. The van der Waals surface area contributed by atoms with Crippen LogP contribution in [0.5, 0.6) is 0 Å². The summed E-state index contributed by atoms with van der Waals surface area (Å²) in [4.78, 5) is 56.7. The Labute approximate surface area is 133 Å². The average molecular weight is 331 g/mol. The van der Waals surface area contributed by atoms with Crippen molar-refractivity contribution in [1.82, 2.24) is 5.32 Å². The lowest BCUT2D eigenvalue weighted by atomic mass is 9.78. The summed E-state index contributed by atoms with van der Waals surface area (Å²) < 4.78 is 4.56. The molecule has 0 aromatic rings. The fraction of sp³-hybridized carbons (Fsp3) is 0.643. The molecule has 0 unspecified atom stereocenters. The number of hydrogen-bond donors (Lipinski definition) is 3. The number of nitrogens with one attached hydrogen (secondary N) is 1. The maximum atomic E-state index is 12.2. The third-order valence-electron chi connectivity index (χ3n) is 3.31. The molecule has 0 aromatic carbocycles. The van der Waals surface area contributed by atoms with Crippen LogP contribution in [0.3, 0.4) is 0 Å². The molecule has 130 valence electrons. The average Bonchev–Trinajstić information content (AvgIpc) is 2.46. The number of hydrogen-bond acceptors (Lipinski definition) is 6. The normalized spacial score (nSPS) is 12.1. The highest BCUT2D eigenvalue weighted by Crippen LogP contribution is 2.25. The van der Waals surface area contributed by atoms with Crippen LogP contribution >= 0.6 is 0 Å². The van der Waals surface area contributed by atoms with Gasteiger partial charge in [-0.25, -0.2) is 4.79 Å². The summed E-state index contributed by atoms with van der Waals surface area (Å²) in [5.74, 6) is -4.46. The minimum absolute atomic E-state index is 0.305. The Morgan fingerprint density at radius 1 is 0.957 bits per heavy atom. The Morgan fingerprint density at radius 2 is 1.43 bits per heavy atom. The van der Waals surface area contributed by atoms with Gasteiger partial charge < -0.3 is 20.3 Å². The van der Waals surface area contributed by atoms with Gasteiger partial charge in [0.1, 0.15) is 11.8 Å². The van der Waals surface area contributed by atoms with Gasteiger partial charge in [0.05, 0.1) is 25.4 Å². The number of carbonyl (C=O) groups excluding carboxylic acids is 3. The number of carboxylic acids is 2. The molecule has 0 fully saturated rings. The van der Waals surface area contributed by atoms with E-state index in [1.54, 1.807) is 0 Å². The lowest BCUT2D eigenvalue weighted by molar-refractivity contribution is -0.152. The molecule has 3 N–H and O–H groups in total. The van der Waals surface area contributed by atoms with Crippen molar-refractivity contribution in [3.8, 4) is 0 Å². The first-order valence-corrected chi connectivity index (χ1v) is 6.86. The van der Waals surface area contributed by atoms with E-state index in [1.807, 2.05) is 0 Å². The molecule has 9 nitrogen and oxygen atoms in total. The van der Waals surface area contributed by atoms with Crippen molar-refractivity contribution in [1.29, 1.82) is 0 Å². The van der Waals surface area contributed by atoms with Crippen molar-refractivity contribution >= 4 is 29.6 Å². The first-order valence-electron chi connectivity index (χ1n) is 6.86. The molecule has 0 rings (SSSR count). The van der Waals surface area contributed by atoms with Crippen LogP contribution in [0, 0.1) is 5.41 Å². The number of carboxylic acid groups (broad SMARTS) is 2. The van der Waals surface area contributed by atoms with E-state index in [1.165, 1.54) is 13.8 Å². The second-order valence-corrected chi connectivity index (χ2v) is 5.46. The summed E-state index contributed by atoms with van der Waals surface area (Å²) in [7, 11) is 1.08. The number of rotatable bonds is 10. The molecule has 9 heteroatoms. The van der Waals surface area contributed by atoms with Gasteiger partial charge in [-0.1, -0.05) is 13.8 Å². The molecular formula is C14H21NO8. The molecule has 1 atom stereocenters. The monoisotopic (exact) mass is 331 g/mol. The minimum Gasteiger partial charge on any atom is -0.481 e. The highest BCUT2D eigenvalue weighted by molar-refractivity contribution is 5.95. The zero-order chi connectivity index (χ0) is 18.2. The molecule has 1 amide bonds. The molecule has 0 saturated carbocycles. The number of ketones is 1. The molecule has 0 aliphatic carbocycles. The van der Waals surface area contributed by atoms with E-state index in [0.717, 1.165) is 7.11 Å². The van der Waals surface area contributed by atoms with Crippen molar-refractivity contribution in [2.24, 2.45) is 5.41 Å². The summed E-state index contributed by atoms with van der Waals surface area (Å²) >= 11 is 0. The highest BCUT2D eigenvalue weighted by Gasteiger charge is 2.42. The number of carbonyl (C=O) groups is 5. The molecule has 0 saturated heterocycles. The van der Waals surface area contributed by atoms with Crippen molar-refractivity contribution in [3.63, 3.8) is 0 Å². The second kappa shape index (κ2) is 8.86. The Hall–Kier alpha value is -2.45. The van der Waals surface area contributed by atoms with Crippen LogP contribution in [-0.2, 0) is 28.7 Å². The van der Waals surface area contributed by atoms with E-state index >= 15 is 0 Å². The molecule has 0 bridgehead atoms. The van der Waals surface area contributed by atoms with Crippen LogP contribution < -0.4 is 5.32 Å². The van der Waals surface area contributed by atoms with Crippen LogP contribution in [0.1, 0.15) is 39.5 Å². The van der Waals surface area contributed by atoms with Gasteiger partial charge in [0, 0.05) is 12.8 Å². The van der Waals surface area contributed by atoms with Crippen LogP contribution in [0.2, 0.25) is 0 Å². The molecule has 0 aliphatic heterocycles. The predicted molar refractivity (Wildman–Crippen MR) is 76.5 cm³/mol. The topological polar surface area (TPSA) is 147 Å². The number of aliphatic carboxylic acids is 2. The molecule has 0 radical (unpaired) electrons. The van der Waals surface area contributed by atoms with Gasteiger partial charge in [-0.15, -0.1) is 0 Å². The Kier molecular flexibility index (Phi) is 7.92. The van der Waals surface area contributed by atoms with E-state index < -0.39 is 53.9 Å². The van der Waals surface area contributed by atoms with Gasteiger partial charge in [0.2, 0.25) is 5.91 Å². The Balaban J connectivity index is 5.09. The largest absolute Gasteiger partial charge is 0.481 e. The second-order valence-electron chi connectivity index (χ2n) is 5.46. The zero-order valence-electron chi connectivity index (χ0n) is 13.2. The van der Waals surface area contributed by atoms with Crippen LogP contribution in [0.4, 0.5) is 0 Å². The molecule has 0 heterocycles. The third-order valence-corrected chi connectivity index (χ3v) is 3.31. The molecular weight excluding hydrogens is 310 g/mol. The molecule has 0 spiro atoms. The summed E-state index contributed by atoms with van der Waals surface area (Å²) in [6, 6.07) is -1.34. The van der Waals surface area contributed by atoms with Crippen LogP contribution in [0.25, 0.3) is 0 Å². The fourth-order valence-corrected chi connectivity index (χ4v) is 1.81. The van der Waals surface area contributed by atoms with Crippen molar-refractivity contribution in [2.45, 2.75) is 45.6 Å². The number of ether oxygens (including phenoxy) is 1. The number of Topliss-reactive ketones (excluding diaryl/α,β-unsaturated/α-hetero) is 1. The summed E-state index contributed by atoms with van der Waals surface area (Å²) in [6.07, 6.45) is -1.49. The summed E-state index contributed by atoms with van der Waals surface area (Å²) in [5.41, 5.74) is -1.40.